The zero-order chi connectivity index (χ0) is 18.1. The quantitative estimate of drug-likeness (QED) is 0.441. The molecule has 0 radical (unpaired) electrons. The molecule has 1 heterocycles. The van der Waals surface area contributed by atoms with E-state index in [-0.39, 0.29) is 17.1 Å². The van der Waals surface area contributed by atoms with Crippen LogP contribution in [0.1, 0.15) is 11.1 Å². The van der Waals surface area contributed by atoms with Gasteiger partial charge in [-0.15, -0.1) is 0 Å². The van der Waals surface area contributed by atoms with Gasteiger partial charge in [0.05, 0.1) is 5.69 Å². The van der Waals surface area contributed by atoms with Crippen molar-refractivity contribution in [3.8, 4) is 11.5 Å². The van der Waals surface area contributed by atoms with Gasteiger partial charge in [-0.3, -0.25) is 14.9 Å². The molecular weight excluding hydrogens is 324 g/mol. The number of nitrogens with one attached hydrogen (secondary N) is 1. The molecular formula is C18H14N2O5. The first-order valence-electron chi connectivity index (χ1n) is 7.37. The number of phenols is 2. The molecule has 126 valence electrons. The first kappa shape index (κ1) is 16.3. The van der Waals surface area contributed by atoms with Crippen LogP contribution in [0.5, 0.6) is 11.5 Å². The van der Waals surface area contributed by atoms with Gasteiger partial charge >= 0.3 is 6.03 Å². The van der Waals surface area contributed by atoms with Crippen molar-refractivity contribution in [2.24, 2.45) is 0 Å². The second-order valence-electron chi connectivity index (χ2n) is 5.49. The number of urea groups is 1. The number of amides is 4. The predicted octanol–water partition coefficient (Wildman–Crippen LogP) is 2.07. The Morgan fingerprint density at radius 2 is 1.72 bits per heavy atom. The summed E-state index contributed by atoms with van der Waals surface area (Å²) in [4.78, 5) is 37.8. The Kier molecular flexibility index (Phi) is 3.98. The summed E-state index contributed by atoms with van der Waals surface area (Å²) in [6.07, 6.45) is 1.24. The normalized spacial score (nSPS) is 16.3. The van der Waals surface area contributed by atoms with Gasteiger partial charge in [-0.25, -0.2) is 9.69 Å². The Balaban J connectivity index is 2.05. The second kappa shape index (κ2) is 6.12. The number of barbiturate groups is 1. The highest BCUT2D eigenvalue weighted by Gasteiger charge is 2.37. The van der Waals surface area contributed by atoms with E-state index < -0.39 is 17.8 Å². The molecule has 3 rings (SSSR count). The molecule has 0 bridgehead atoms. The molecule has 0 aliphatic carbocycles. The van der Waals surface area contributed by atoms with Crippen LogP contribution in [0.15, 0.2) is 48.0 Å². The summed E-state index contributed by atoms with van der Waals surface area (Å²) in [7, 11) is 0. The summed E-state index contributed by atoms with van der Waals surface area (Å²) in [6, 6.07) is 9.84. The lowest BCUT2D eigenvalue weighted by Crippen LogP contribution is -2.54. The van der Waals surface area contributed by atoms with E-state index in [0.717, 1.165) is 4.90 Å². The number of hydrogen-bond acceptors (Lipinski definition) is 5. The van der Waals surface area contributed by atoms with E-state index in [4.69, 9.17) is 0 Å². The van der Waals surface area contributed by atoms with E-state index in [1.807, 2.05) is 0 Å². The summed E-state index contributed by atoms with van der Waals surface area (Å²) in [6.45, 7) is 1.74. The summed E-state index contributed by atoms with van der Waals surface area (Å²) < 4.78 is 0. The number of aromatic hydroxyl groups is 2. The number of imide groups is 2. The molecule has 7 heteroatoms. The highest BCUT2D eigenvalue weighted by Crippen LogP contribution is 2.28. The van der Waals surface area contributed by atoms with Crippen molar-refractivity contribution >= 4 is 29.6 Å². The van der Waals surface area contributed by atoms with Crippen LogP contribution in [-0.4, -0.2) is 28.1 Å². The number of hydrogen-bond donors (Lipinski definition) is 3. The van der Waals surface area contributed by atoms with Crippen molar-refractivity contribution in [2.75, 3.05) is 4.90 Å². The van der Waals surface area contributed by atoms with E-state index >= 15 is 0 Å². The van der Waals surface area contributed by atoms with Gasteiger partial charge in [-0.2, -0.15) is 0 Å². The lowest BCUT2D eigenvalue weighted by molar-refractivity contribution is -0.122. The number of carbonyl (C=O) groups is 3. The highest BCUT2D eigenvalue weighted by molar-refractivity contribution is 6.39. The third-order valence-electron chi connectivity index (χ3n) is 3.77. The van der Waals surface area contributed by atoms with E-state index in [0.29, 0.717) is 16.8 Å². The van der Waals surface area contributed by atoms with Gasteiger partial charge < -0.3 is 10.2 Å². The lowest BCUT2D eigenvalue weighted by atomic mass is 10.1. The lowest BCUT2D eigenvalue weighted by Gasteiger charge is -2.27. The average Bonchev–Trinajstić information content (AvgIpc) is 2.56. The van der Waals surface area contributed by atoms with Crippen LogP contribution < -0.4 is 10.2 Å². The van der Waals surface area contributed by atoms with Gasteiger partial charge in [0.2, 0.25) is 0 Å². The molecule has 0 saturated carbocycles. The fourth-order valence-corrected chi connectivity index (χ4v) is 2.49. The fraction of sp³-hybridized carbons (Fsp3) is 0.0556. The van der Waals surface area contributed by atoms with Crippen molar-refractivity contribution in [1.82, 2.24) is 5.32 Å². The Morgan fingerprint density at radius 1 is 1.00 bits per heavy atom. The van der Waals surface area contributed by atoms with E-state index in [1.54, 1.807) is 31.2 Å². The molecule has 3 N–H and O–H groups in total. The second-order valence-corrected chi connectivity index (χ2v) is 5.49. The topological polar surface area (TPSA) is 107 Å². The summed E-state index contributed by atoms with van der Waals surface area (Å²) >= 11 is 0. The number of anilines is 1. The number of nitrogens with zero attached hydrogens (tertiary/aromatic N) is 1. The van der Waals surface area contributed by atoms with E-state index in [9.17, 15) is 24.6 Å². The number of rotatable bonds is 2. The zero-order valence-electron chi connectivity index (χ0n) is 13.2. The minimum atomic E-state index is -0.826. The maximum Gasteiger partial charge on any atom is 0.335 e. The van der Waals surface area contributed by atoms with Crippen LogP contribution in [0.4, 0.5) is 10.5 Å². The molecule has 1 aliphatic rings. The summed E-state index contributed by atoms with van der Waals surface area (Å²) in [5.41, 5.74) is 1.14. The van der Waals surface area contributed by atoms with Crippen LogP contribution in [-0.2, 0) is 9.59 Å². The smallest absolute Gasteiger partial charge is 0.335 e. The maximum atomic E-state index is 12.7. The molecule has 0 atom stereocenters. The molecule has 2 aromatic carbocycles. The molecule has 0 unspecified atom stereocenters. The number of benzene rings is 2. The molecule has 2 aromatic rings. The Morgan fingerprint density at radius 3 is 2.40 bits per heavy atom. The van der Waals surface area contributed by atoms with E-state index in [2.05, 4.69) is 5.32 Å². The van der Waals surface area contributed by atoms with Gasteiger partial charge in [-0.1, -0.05) is 24.3 Å². The third kappa shape index (κ3) is 2.94. The van der Waals surface area contributed by atoms with Gasteiger partial charge in [0.25, 0.3) is 11.8 Å². The standard InChI is InChI=1S/C18H14N2O5/c1-10-4-2-3-5-13(10)20-17(24)12(16(23)19-18(20)25)8-11-6-7-14(21)15(22)9-11/h2-9,21-22H,1H3,(H,19,23,25)/b12-8+. The van der Waals surface area contributed by atoms with Crippen LogP contribution in [0.25, 0.3) is 6.08 Å². The van der Waals surface area contributed by atoms with Crippen LogP contribution in [0.2, 0.25) is 0 Å². The number of aryl methyl sites for hydroxylation is 1. The third-order valence-corrected chi connectivity index (χ3v) is 3.77. The number of carbonyl (C=O) groups excluding carboxylic acids is 3. The minimum Gasteiger partial charge on any atom is -0.504 e. The largest absolute Gasteiger partial charge is 0.504 e. The van der Waals surface area contributed by atoms with Crippen LogP contribution >= 0.6 is 0 Å². The summed E-state index contributed by atoms with van der Waals surface area (Å²) in [5, 5.41) is 21.0. The van der Waals surface area contributed by atoms with Gasteiger partial charge in [-0.05, 0) is 42.3 Å². The molecule has 4 amide bonds. The van der Waals surface area contributed by atoms with Gasteiger partial charge in [0.15, 0.2) is 11.5 Å². The Labute approximate surface area is 142 Å². The first-order valence-corrected chi connectivity index (χ1v) is 7.37. The van der Waals surface area contributed by atoms with Crippen molar-refractivity contribution in [2.45, 2.75) is 6.92 Å². The number of phenolic OH excluding ortho intramolecular Hbond substituents is 2. The highest BCUT2D eigenvalue weighted by atomic mass is 16.3. The monoisotopic (exact) mass is 338 g/mol. The molecule has 1 aliphatic heterocycles. The van der Waals surface area contributed by atoms with Crippen LogP contribution in [0, 0.1) is 6.92 Å². The minimum absolute atomic E-state index is 0.257. The maximum absolute atomic E-state index is 12.7. The van der Waals surface area contributed by atoms with Crippen molar-refractivity contribution in [3.05, 3.63) is 59.2 Å². The Hall–Kier alpha value is -3.61. The van der Waals surface area contributed by atoms with Crippen molar-refractivity contribution in [1.29, 1.82) is 0 Å². The van der Waals surface area contributed by atoms with Crippen molar-refractivity contribution in [3.63, 3.8) is 0 Å². The SMILES string of the molecule is Cc1ccccc1N1C(=O)NC(=O)/C(=C\c2ccc(O)c(O)c2)C1=O. The molecule has 25 heavy (non-hydrogen) atoms. The van der Waals surface area contributed by atoms with E-state index in [1.165, 1.54) is 24.3 Å². The van der Waals surface area contributed by atoms with Gasteiger partial charge in [0, 0.05) is 0 Å². The molecule has 0 aromatic heterocycles. The van der Waals surface area contributed by atoms with Crippen molar-refractivity contribution < 1.29 is 24.6 Å². The summed E-state index contributed by atoms with van der Waals surface area (Å²) in [5.74, 6) is -2.30. The zero-order valence-corrected chi connectivity index (χ0v) is 13.2. The Bertz CT molecular complexity index is 933. The molecule has 1 saturated heterocycles. The molecule has 0 spiro atoms. The number of para-hydroxylation sites is 1. The van der Waals surface area contributed by atoms with Crippen LogP contribution in [0.3, 0.4) is 0 Å². The van der Waals surface area contributed by atoms with Gasteiger partial charge in [0.1, 0.15) is 5.57 Å². The predicted molar refractivity (Wildman–Crippen MR) is 90.0 cm³/mol. The fourth-order valence-electron chi connectivity index (χ4n) is 2.49. The first-order chi connectivity index (χ1) is 11.9. The molecule has 7 nitrogen and oxygen atoms in total. The molecule has 1 fully saturated rings. The average molecular weight is 338 g/mol.